The molecule has 0 spiro atoms. The van der Waals surface area contributed by atoms with Crippen LogP contribution in [-0.4, -0.2) is 0 Å². The standard InChI is InChI=1S/C26H30N2.C24H26N2.C22H22N2/c1-17-13-19(3)27-11-5-7-21-9-10-22-8-6-12-28-20(4)14-18(2)16-24(28)26(22)25(21)23(27)15-17;1-15-11-17(3)25-9-7-19-5-6-20-8-10-26-18(4)12-16(2)14-22(26)24(20)23(19)21(25)13-15;1-15-13-16(2)24-12-9-18-7-6-17-8-11-23-10-4-3-5-19(23)21(17)22(18)20(24)14-15/h9-10,13-16H,5-8,11-12H2,1-4H3;5-6,11-14H,7-10H2,1-4H3;3-7,10,13-14H,8-9,11-12H2,1-2H3/q3*+2. The number of nitrogens with zero attached hydrogens (tertiary/aromatic N) is 6. The summed E-state index contributed by atoms with van der Waals surface area (Å²) in [5.41, 5.74) is 39.9. The fourth-order valence-corrected chi connectivity index (χ4v) is 14.9. The summed E-state index contributed by atoms with van der Waals surface area (Å²) in [5, 5.41) is 0. The summed E-state index contributed by atoms with van der Waals surface area (Å²) in [6, 6.07) is 44.4. The Morgan fingerprint density at radius 2 is 0.526 bits per heavy atom. The van der Waals surface area contributed by atoms with E-state index < -0.39 is 0 Å². The van der Waals surface area contributed by atoms with Crippen molar-refractivity contribution in [2.24, 2.45) is 0 Å². The van der Waals surface area contributed by atoms with Crippen LogP contribution in [0.3, 0.4) is 0 Å². The molecule has 0 bridgehead atoms. The molecule has 0 aliphatic carbocycles. The molecule has 9 aromatic rings. The second-order valence-electron chi connectivity index (χ2n) is 23.9. The van der Waals surface area contributed by atoms with Crippen LogP contribution in [0.15, 0.2) is 121 Å². The Balaban J connectivity index is 0.000000112. The molecule has 6 aliphatic rings. The van der Waals surface area contributed by atoms with Crippen LogP contribution in [0.2, 0.25) is 0 Å². The molecule has 390 valence electrons. The van der Waals surface area contributed by atoms with Crippen LogP contribution < -0.4 is 27.4 Å². The Hall–Kier alpha value is -7.44. The number of benzene rings is 3. The molecule has 6 heteroatoms. The summed E-state index contributed by atoms with van der Waals surface area (Å²) in [5.74, 6) is 0. The van der Waals surface area contributed by atoms with Gasteiger partial charge in [-0.15, -0.1) is 0 Å². The molecule has 0 radical (unpaired) electrons. The molecule has 0 saturated heterocycles. The van der Waals surface area contributed by atoms with E-state index in [1.165, 1.54) is 170 Å². The van der Waals surface area contributed by atoms with Gasteiger partial charge in [0.2, 0.25) is 34.2 Å². The summed E-state index contributed by atoms with van der Waals surface area (Å²) in [7, 11) is 0. The molecule has 0 unspecified atom stereocenters. The van der Waals surface area contributed by atoms with E-state index in [0.717, 1.165) is 77.8 Å². The van der Waals surface area contributed by atoms with Gasteiger partial charge in [-0.05, 0) is 115 Å². The number of rotatable bonds is 0. The molecule has 12 heterocycles. The fraction of sp³-hybridized carbons (Fsp3) is 0.333. The molecule has 3 aromatic carbocycles. The highest BCUT2D eigenvalue weighted by molar-refractivity contribution is 5.86. The van der Waals surface area contributed by atoms with Gasteiger partial charge in [0.25, 0.3) is 0 Å². The average molecular weight is 1030 g/mol. The lowest BCUT2D eigenvalue weighted by molar-refractivity contribution is -0.695. The summed E-state index contributed by atoms with van der Waals surface area (Å²) in [4.78, 5) is 0. The Kier molecular flexibility index (Phi) is 12.7. The minimum atomic E-state index is 1.08. The molecule has 0 amide bonds. The summed E-state index contributed by atoms with van der Waals surface area (Å²) in [6.45, 7) is 28.9. The van der Waals surface area contributed by atoms with E-state index in [4.69, 9.17) is 0 Å². The van der Waals surface area contributed by atoms with Gasteiger partial charge in [-0.25, -0.2) is 0 Å². The maximum absolute atomic E-state index is 2.55. The number of aryl methyl sites for hydroxylation is 17. The van der Waals surface area contributed by atoms with Gasteiger partial charge < -0.3 is 0 Å². The zero-order valence-corrected chi connectivity index (χ0v) is 48.1. The Morgan fingerprint density at radius 1 is 0.256 bits per heavy atom. The molecule has 6 aliphatic heterocycles. The van der Waals surface area contributed by atoms with Crippen LogP contribution in [0, 0.1) is 69.2 Å². The molecule has 0 atom stereocenters. The van der Waals surface area contributed by atoms with Crippen molar-refractivity contribution in [3.8, 4) is 67.5 Å². The van der Waals surface area contributed by atoms with Crippen LogP contribution in [0.4, 0.5) is 0 Å². The van der Waals surface area contributed by atoms with Crippen LogP contribution in [0.25, 0.3) is 67.5 Å². The fourth-order valence-electron chi connectivity index (χ4n) is 14.9. The van der Waals surface area contributed by atoms with Crippen molar-refractivity contribution < 1.29 is 27.4 Å². The van der Waals surface area contributed by atoms with E-state index in [0.29, 0.717) is 0 Å². The van der Waals surface area contributed by atoms with Crippen molar-refractivity contribution in [1.82, 2.24) is 0 Å². The second kappa shape index (κ2) is 19.8. The Labute approximate surface area is 463 Å². The third-order valence-corrected chi connectivity index (χ3v) is 18.3. The lowest BCUT2D eigenvalue weighted by Crippen LogP contribution is -2.46. The van der Waals surface area contributed by atoms with E-state index in [9.17, 15) is 0 Å². The van der Waals surface area contributed by atoms with Gasteiger partial charge in [0.15, 0.2) is 60.8 Å². The van der Waals surface area contributed by atoms with Crippen molar-refractivity contribution in [2.75, 3.05) is 0 Å². The molecule has 0 N–H and O–H groups in total. The number of fused-ring (bicyclic) bond motifs is 21. The van der Waals surface area contributed by atoms with Crippen LogP contribution >= 0.6 is 0 Å². The zero-order valence-electron chi connectivity index (χ0n) is 48.1. The molecule has 0 saturated carbocycles. The normalized spacial score (nSPS) is 14.6. The van der Waals surface area contributed by atoms with Gasteiger partial charge in [0.1, 0.15) is 13.1 Å². The summed E-state index contributed by atoms with van der Waals surface area (Å²) >= 11 is 0. The van der Waals surface area contributed by atoms with Crippen molar-refractivity contribution in [3.05, 3.63) is 211 Å². The SMILES string of the molecule is Cc1cc(C)[n+]2c(c1)-c1c(ccc3c1-c1cc(C)cc(C)[n+]1CC3)CC2.Cc1cc(C)[n+]2c(c1)-c1c(ccc3c1-c1cc(C)cc(C)[n+]1CCC3)CCC2.Cc1cc(C)[n+]2c(c1)-c1c(ccc3c1-c1cccc[n+]1CC3)CC2. The molecule has 6 nitrogen and oxygen atoms in total. The van der Waals surface area contributed by atoms with Gasteiger partial charge in [0, 0.05) is 146 Å². The minimum absolute atomic E-state index is 1.08. The first-order valence-corrected chi connectivity index (χ1v) is 29.3. The van der Waals surface area contributed by atoms with E-state index in [1.807, 2.05) is 0 Å². The maximum Gasteiger partial charge on any atom is 0.214 e. The number of hydrogen-bond donors (Lipinski definition) is 0. The largest absolute Gasteiger partial charge is 0.214 e. The molecule has 6 aromatic heterocycles. The first kappa shape index (κ1) is 50.1. The minimum Gasteiger partial charge on any atom is -0.198 e. The second-order valence-corrected chi connectivity index (χ2v) is 23.9. The zero-order chi connectivity index (χ0) is 53.7. The number of pyridine rings is 6. The first-order valence-electron chi connectivity index (χ1n) is 29.3. The van der Waals surface area contributed by atoms with Gasteiger partial charge in [0.05, 0.1) is 33.4 Å². The third-order valence-electron chi connectivity index (χ3n) is 18.3. The van der Waals surface area contributed by atoms with E-state index in [1.54, 1.807) is 0 Å². The van der Waals surface area contributed by atoms with E-state index >= 15 is 0 Å². The molecule has 0 fully saturated rings. The summed E-state index contributed by atoms with van der Waals surface area (Å²) in [6.07, 6.45) is 11.4. The van der Waals surface area contributed by atoms with Crippen LogP contribution in [0.5, 0.6) is 0 Å². The molecule has 78 heavy (non-hydrogen) atoms. The Bertz CT molecular complexity index is 3810. The van der Waals surface area contributed by atoms with Gasteiger partial charge in [-0.3, -0.25) is 0 Å². The topological polar surface area (TPSA) is 23.3 Å². The quantitative estimate of drug-likeness (QED) is 0.135. The van der Waals surface area contributed by atoms with Crippen molar-refractivity contribution in [3.63, 3.8) is 0 Å². The number of hydrogen-bond acceptors (Lipinski definition) is 0. The Morgan fingerprint density at radius 3 is 0.846 bits per heavy atom. The lowest BCUT2D eigenvalue weighted by atomic mass is 9.84. The van der Waals surface area contributed by atoms with E-state index in [2.05, 4.69) is 218 Å². The van der Waals surface area contributed by atoms with Crippen molar-refractivity contribution >= 4 is 0 Å². The lowest BCUT2D eigenvalue weighted by Gasteiger charge is -2.24. The van der Waals surface area contributed by atoms with Gasteiger partial charge >= 0.3 is 0 Å². The van der Waals surface area contributed by atoms with Crippen molar-refractivity contribution in [1.29, 1.82) is 0 Å². The predicted octanol–water partition coefficient (Wildman–Crippen LogP) is 12.0. The molecular weight excluding hydrogens is 949 g/mol. The highest BCUT2D eigenvalue weighted by atomic mass is 15.0. The van der Waals surface area contributed by atoms with Crippen molar-refractivity contribution in [2.45, 2.75) is 160 Å². The first-order chi connectivity index (χ1) is 37.8. The highest BCUT2D eigenvalue weighted by Gasteiger charge is 2.38. The van der Waals surface area contributed by atoms with Gasteiger partial charge in [-0.1, -0.05) is 36.4 Å². The third kappa shape index (κ3) is 8.62. The monoisotopic (exact) mass is 1030 g/mol. The summed E-state index contributed by atoms with van der Waals surface area (Å²) < 4.78 is 15.0. The molecular formula is C72H78N6+6. The maximum atomic E-state index is 2.55. The smallest absolute Gasteiger partial charge is 0.198 e. The van der Waals surface area contributed by atoms with E-state index in [-0.39, 0.29) is 0 Å². The van der Waals surface area contributed by atoms with Crippen LogP contribution in [0.1, 0.15) is 103 Å². The van der Waals surface area contributed by atoms with Crippen LogP contribution in [-0.2, 0) is 77.8 Å². The average Bonchev–Trinajstić information content (AvgIpc) is 3.88. The van der Waals surface area contributed by atoms with Gasteiger partial charge in [-0.2, -0.15) is 27.4 Å². The highest BCUT2D eigenvalue weighted by Crippen LogP contribution is 2.43. The number of aromatic nitrogens is 6. The predicted molar refractivity (Wildman–Crippen MR) is 312 cm³/mol. The molecule has 15 rings (SSSR count).